The van der Waals surface area contributed by atoms with Gasteiger partial charge >= 0.3 is 0 Å². The summed E-state index contributed by atoms with van der Waals surface area (Å²) in [6.07, 6.45) is 4.43. The van der Waals surface area contributed by atoms with E-state index in [-0.39, 0.29) is 0 Å². The second-order valence-corrected chi connectivity index (χ2v) is 7.82. The van der Waals surface area contributed by atoms with Gasteiger partial charge in [0.1, 0.15) is 0 Å². The molecule has 0 amide bonds. The zero-order chi connectivity index (χ0) is 12.7. The molecule has 2 nitrogen and oxygen atoms in total. The first-order valence-electron chi connectivity index (χ1n) is 7.84. The van der Waals surface area contributed by atoms with E-state index in [0.717, 1.165) is 17.8 Å². The van der Waals surface area contributed by atoms with Crippen LogP contribution in [0.3, 0.4) is 0 Å². The molecule has 1 aromatic heterocycles. The molecule has 3 aliphatic rings. The normalized spacial score (nSPS) is 32.6. The third-order valence-electron chi connectivity index (χ3n) is 5.13. The Morgan fingerprint density at radius 1 is 1.05 bits per heavy atom. The fourth-order valence-corrected chi connectivity index (χ4v) is 4.67. The van der Waals surface area contributed by atoms with Crippen molar-refractivity contribution in [2.45, 2.75) is 25.8 Å². The molecule has 0 N–H and O–H groups in total. The van der Waals surface area contributed by atoms with Crippen molar-refractivity contribution in [3.8, 4) is 0 Å². The number of nitrogens with zero attached hydrogens (tertiary/aromatic N) is 2. The maximum atomic E-state index is 2.76. The van der Waals surface area contributed by atoms with Crippen LogP contribution in [0.1, 0.15) is 24.1 Å². The Bertz CT molecular complexity index is 412. The summed E-state index contributed by atoms with van der Waals surface area (Å²) in [7, 11) is 0. The zero-order valence-corrected chi connectivity index (χ0v) is 12.4. The van der Waals surface area contributed by atoms with E-state index in [9.17, 15) is 0 Å². The van der Waals surface area contributed by atoms with E-state index in [4.69, 9.17) is 0 Å². The van der Waals surface area contributed by atoms with Crippen LogP contribution < -0.4 is 0 Å². The Labute approximate surface area is 120 Å². The monoisotopic (exact) mass is 276 g/mol. The molecule has 2 aliphatic heterocycles. The minimum Gasteiger partial charge on any atom is -0.303 e. The first kappa shape index (κ1) is 12.4. The molecule has 2 atom stereocenters. The Balaban J connectivity index is 1.32. The van der Waals surface area contributed by atoms with Crippen LogP contribution in [0.4, 0.5) is 0 Å². The van der Waals surface area contributed by atoms with E-state index >= 15 is 0 Å². The van der Waals surface area contributed by atoms with Gasteiger partial charge in [-0.1, -0.05) is 6.07 Å². The van der Waals surface area contributed by atoms with Gasteiger partial charge in [-0.2, -0.15) is 0 Å². The lowest BCUT2D eigenvalue weighted by molar-refractivity contribution is 0.143. The zero-order valence-electron chi connectivity index (χ0n) is 11.6. The Kier molecular flexibility index (Phi) is 3.38. The molecule has 0 bridgehead atoms. The molecule has 1 saturated carbocycles. The van der Waals surface area contributed by atoms with Crippen molar-refractivity contribution in [3.63, 3.8) is 0 Å². The first-order valence-corrected chi connectivity index (χ1v) is 8.72. The molecule has 19 heavy (non-hydrogen) atoms. The molecular formula is C16H24N2S. The number of hydrogen-bond donors (Lipinski definition) is 0. The molecule has 0 radical (unpaired) electrons. The minimum atomic E-state index is 0.951. The van der Waals surface area contributed by atoms with Gasteiger partial charge in [0.15, 0.2) is 0 Å². The average molecular weight is 276 g/mol. The third kappa shape index (κ3) is 2.88. The van der Waals surface area contributed by atoms with Crippen molar-refractivity contribution >= 4 is 11.3 Å². The van der Waals surface area contributed by atoms with Crippen LogP contribution >= 0.6 is 11.3 Å². The van der Waals surface area contributed by atoms with Crippen LogP contribution in [0.2, 0.25) is 0 Å². The van der Waals surface area contributed by atoms with Gasteiger partial charge in [0.2, 0.25) is 0 Å². The highest BCUT2D eigenvalue weighted by molar-refractivity contribution is 7.09. The van der Waals surface area contributed by atoms with Crippen molar-refractivity contribution in [1.82, 2.24) is 9.80 Å². The van der Waals surface area contributed by atoms with E-state index in [1.165, 1.54) is 63.4 Å². The fourth-order valence-electron chi connectivity index (χ4n) is 3.92. The van der Waals surface area contributed by atoms with E-state index in [1.807, 2.05) is 11.3 Å². The number of hydrogen-bond acceptors (Lipinski definition) is 3. The summed E-state index contributed by atoms with van der Waals surface area (Å²) >= 11 is 1.91. The second-order valence-electron chi connectivity index (χ2n) is 6.79. The number of piperidine rings is 1. The van der Waals surface area contributed by atoms with Crippen LogP contribution in [0.15, 0.2) is 17.5 Å². The molecule has 0 aromatic carbocycles. The quantitative estimate of drug-likeness (QED) is 0.834. The molecule has 3 heteroatoms. The second kappa shape index (κ2) is 5.19. The van der Waals surface area contributed by atoms with Crippen LogP contribution in [-0.4, -0.2) is 42.5 Å². The van der Waals surface area contributed by atoms with E-state index in [2.05, 4.69) is 27.3 Å². The van der Waals surface area contributed by atoms with Gasteiger partial charge in [-0.15, -0.1) is 11.3 Å². The van der Waals surface area contributed by atoms with Gasteiger partial charge in [-0.3, -0.25) is 4.90 Å². The van der Waals surface area contributed by atoms with E-state index in [1.54, 1.807) is 0 Å². The minimum absolute atomic E-state index is 0.951. The predicted molar refractivity (Wildman–Crippen MR) is 80.4 cm³/mol. The standard InChI is InChI=1S/C16H24N2S/c1-2-16(19-7-1)12-18-9-14-5-6-17(8-13-3-4-13)10-15(14)11-18/h1-2,7,13-15H,3-6,8-12H2/t14-,15+/m1/s1. The molecular weight excluding hydrogens is 252 g/mol. The lowest BCUT2D eigenvalue weighted by atomic mass is 9.88. The average Bonchev–Trinajstić information content (AvgIpc) is 2.91. The Morgan fingerprint density at radius 2 is 1.89 bits per heavy atom. The van der Waals surface area contributed by atoms with Gasteiger partial charge in [0.05, 0.1) is 0 Å². The van der Waals surface area contributed by atoms with Crippen molar-refractivity contribution in [1.29, 1.82) is 0 Å². The highest BCUT2D eigenvalue weighted by atomic mass is 32.1. The van der Waals surface area contributed by atoms with Gasteiger partial charge in [-0.05, 0) is 55.0 Å². The molecule has 3 heterocycles. The molecule has 104 valence electrons. The maximum Gasteiger partial charge on any atom is 0.0328 e. The number of rotatable bonds is 4. The Hall–Kier alpha value is -0.380. The molecule has 2 saturated heterocycles. The van der Waals surface area contributed by atoms with Crippen LogP contribution in [0.5, 0.6) is 0 Å². The largest absolute Gasteiger partial charge is 0.303 e. The summed E-state index contributed by atoms with van der Waals surface area (Å²) < 4.78 is 0. The fraction of sp³-hybridized carbons (Fsp3) is 0.750. The Morgan fingerprint density at radius 3 is 2.68 bits per heavy atom. The van der Waals surface area contributed by atoms with E-state index in [0.29, 0.717) is 0 Å². The molecule has 3 fully saturated rings. The number of fused-ring (bicyclic) bond motifs is 1. The van der Waals surface area contributed by atoms with Crippen LogP contribution in [0, 0.1) is 17.8 Å². The summed E-state index contributed by atoms with van der Waals surface area (Å²) in [4.78, 5) is 6.99. The lowest BCUT2D eigenvalue weighted by Crippen LogP contribution is -2.40. The highest BCUT2D eigenvalue weighted by Gasteiger charge is 2.38. The number of likely N-dealkylation sites (tertiary alicyclic amines) is 2. The van der Waals surface area contributed by atoms with Crippen LogP contribution in [0.25, 0.3) is 0 Å². The summed E-state index contributed by atoms with van der Waals surface area (Å²) in [5.74, 6) is 2.99. The number of thiophene rings is 1. The smallest absolute Gasteiger partial charge is 0.0328 e. The summed E-state index contributed by atoms with van der Waals surface area (Å²) in [6, 6.07) is 4.46. The van der Waals surface area contributed by atoms with Crippen molar-refractivity contribution in [2.24, 2.45) is 17.8 Å². The van der Waals surface area contributed by atoms with Gasteiger partial charge in [0.25, 0.3) is 0 Å². The molecule has 0 spiro atoms. The topological polar surface area (TPSA) is 6.48 Å². The van der Waals surface area contributed by atoms with Gasteiger partial charge in [0, 0.05) is 37.6 Å². The predicted octanol–water partition coefficient (Wildman–Crippen LogP) is 2.91. The molecule has 0 unspecified atom stereocenters. The SMILES string of the molecule is c1csc(CN2C[C@H]3CCN(CC4CC4)C[C@H]3C2)c1. The third-order valence-corrected chi connectivity index (χ3v) is 5.99. The maximum absolute atomic E-state index is 2.76. The van der Waals surface area contributed by atoms with Crippen molar-refractivity contribution < 1.29 is 0 Å². The van der Waals surface area contributed by atoms with E-state index < -0.39 is 0 Å². The molecule has 1 aromatic rings. The first-order chi connectivity index (χ1) is 9.37. The van der Waals surface area contributed by atoms with Gasteiger partial charge in [-0.25, -0.2) is 0 Å². The molecule has 1 aliphatic carbocycles. The van der Waals surface area contributed by atoms with Crippen molar-refractivity contribution in [2.75, 3.05) is 32.7 Å². The lowest BCUT2D eigenvalue weighted by Gasteiger charge is -2.34. The van der Waals surface area contributed by atoms with Gasteiger partial charge < -0.3 is 4.90 Å². The van der Waals surface area contributed by atoms with Crippen molar-refractivity contribution in [3.05, 3.63) is 22.4 Å². The summed E-state index contributed by atoms with van der Waals surface area (Å²) in [5.41, 5.74) is 0. The highest BCUT2D eigenvalue weighted by Crippen LogP contribution is 2.35. The molecule has 4 rings (SSSR count). The summed E-state index contributed by atoms with van der Waals surface area (Å²) in [5, 5.41) is 2.20. The van der Waals surface area contributed by atoms with Crippen LogP contribution in [-0.2, 0) is 6.54 Å². The summed E-state index contributed by atoms with van der Waals surface area (Å²) in [6.45, 7) is 8.01.